The standard InChI is InChI=1S/C24H31N5O3/c1-5-22(30)29-10-6-7-16(15-29)23-26-19-14-21(32-4)20(31-3)13-18(19)24(27-23)25-17-8-11-28(2)12-9-17/h5,7,13-14,17H,1,6,8-12,15H2,2-4H3,(H,25,26,27). The van der Waals surface area contributed by atoms with Crippen molar-refractivity contribution >= 4 is 28.2 Å². The number of nitrogens with one attached hydrogen (secondary N) is 1. The Kier molecular flexibility index (Phi) is 6.60. The van der Waals surface area contributed by atoms with Crippen LogP contribution in [0, 0.1) is 0 Å². The Bertz CT molecular complexity index is 1040. The van der Waals surface area contributed by atoms with E-state index in [9.17, 15) is 4.79 Å². The number of methoxy groups -OCH3 is 2. The van der Waals surface area contributed by atoms with Crippen LogP contribution in [0.4, 0.5) is 5.82 Å². The van der Waals surface area contributed by atoms with Crippen LogP contribution in [0.15, 0.2) is 30.9 Å². The summed E-state index contributed by atoms with van der Waals surface area (Å²) >= 11 is 0. The SMILES string of the molecule is C=CC(=O)N1CCC=C(c2nc(NC3CCN(C)CC3)c3cc(OC)c(OC)cc3n2)C1. The number of hydrogen-bond donors (Lipinski definition) is 1. The van der Waals surface area contributed by atoms with Gasteiger partial charge in [-0.2, -0.15) is 0 Å². The van der Waals surface area contributed by atoms with Gasteiger partial charge in [-0.25, -0.2) is 9.97 Å². The quantitative estimate of drug-likeness (QED) is 0.696. The molecule has 0 atom stereocenters. The molecule has 170 valence electrons. The fraction of sp³-hybridized carbons (Fsp3) is 0.458. The van der Waals surface area contributed by atoms with E-state index in [1.165, 1.54) is 6.08 Å². The van der Waals surface area contributed by atoms with E-state index in [4.69, 9.17) is 19.4 Å². The van der Waals surface area contributed by atoms with Crippen molar-refractivity contribution in [1.82, 2.24) is 19.8 Å². The summed E-state index contributed by atoms with van der Waals surface area (Å²) in [6.07, 6.45) is 6.34. The molecule has 1 saturated heterocycles. The molecule has 0 unspecified atom stereocenters. The summed E-state index contributed by atoms with van der Waals surface area (Å²) in [6, 6.07) is 4.15. The Hall–Kier alpha value is -3.13. The first-order valence-electron chi connectivity index (χ1n) is 11.0. The molecule has 0 spiro atoms. The van der Waals surface area contributed by atoms with Gasteiger partial charge >= 0.3 is 0 Å². The molecule has 8 heteroatoms. The number of benzene rings is 1. The molecular weight excluding hydrogens is 406 g/mol. The normalized spacial score (nSPS) is 17.7. The molecule has 0 radical (unpaired) electrons. The zero-order chi connectivity index (χ0) is 22.7. The summed E-state index contributed by atoms with van der Waals surface area (Å²) in [6.45, 7) is 6.86. The number of fused-ring (bicyclic) bond motifs is 1. The van der Waals surface area contributed by atoms with Crippen LogP contribution in [0.3, 0.4) is 0 Å². The van der Waals surface area contributed by atoms with E-state index < -0.39 is 0 Å². The second-order valence-electron chi connectivity index (χ2n) is 8.32. The van der Waals surface area contributed by atoms with Crippen molar-refractivity contribution in [2.75, 3.05) is 52.8 Å². The third-order valence-corrected chi connectivity index (χ3v) is 6.18. The number of carbonyl (C=O) groups is 1. The molecule has 4 rings (SSSR count). The number of anilines is 1. The minimum atomic E-state index is -0.0764. The van der Waals surface area contributed by atoms with E-state index in [1.54, 1.807) is 19.1 Å². The maximum Gasteiger partial charge on any atom is 0.246 e. The molecule has 3 heterocycles. The number of carbonyl (C=O) groups excluding carboxylic acids is 1. The van der Waals surface area contributed by atoms with Gasteiger partial charge < -0.3 is 24.6 Å². The zero-order valence-corrected chi connectivity index (χ0v) is 19.1. The summed E-state index contributed by atoms with van der Waals surface area (Å²) in [7, 11) is 5.39. The summed E-state index contributed by atoms with van der Waals surface area (Å²) in [4.78, 5) is 26.0. The predicted molar refractivity (Wildman–Crippen MR) is 126 cm³/mol. The van der Waals surface area contributed by atoms with E-state index in [2.05, 4.69) is 29.9 Å². The highest BCUT2D eigenvalue weighted by molar-refractivity contribution is 5.93. The number of likely N-dealkylation sites (tertiary alicyclic amines) is 1. The summed E-state index contributed by atoms with van der Waals surface area (Å²) in [5, 5.41) is 4.55. The lowest BCUT2D eigenvalue weighted by molar-refractivity contribution is -0.125. The van der Waals surface area contributed by atoms with Gasteiger partial charge in [0.25, 0.3) is 0 Å². The molecule has 2 aromatic rings. The minimum Gasteiger partial charge on any atom is -0.493 e. The van der Waals surface area contributed by atoms with Crippen molar-refractivity contribution in [3.63, 3.8) is 0 Å². The first-order chi connectivity index (χ1) is 15.5. The fourth-order valence-electron chi connectivity index (χ4n) is 4.28. The van der Waals surface area contributed by atoms with E-state index in [1.807, 2.05) is 12.1 Å². The van der Waals surface area contributed by atoms with Crippen LogP contribution in [0.25, 0.3) is 16.5 Å². The Morgan fingerprint density at radius 1 is 1.16 bits per heavy atom. The van der Waals surface area contributed by atoms with Crippen LogP contribution in [0.5, 0.6) is 11.5 Å². The van der Waals surface area contributed by atoms with Gasteiger partial charge in [0, 0.05) is 36.2 Å². The third kappa shape index (κ3) is 4.55. The van der Waals surface area contributed by atoms with Crippen LogP contribution in [-0.4, -0.2) is 79.2 Å². The van der Waals surface area contributed by atoms with Crippen molar-refractivity contribution < 1.29 is 14.3 Å². The third-order valence-electron chi connectivity index (χ3n) is 6.18. The maximum absolute atomic E-state index is 12.2. The molecule has 2 aliphatic heterocycles. The molecule has 0 bridgehead atoms. The molecule has 2 aliphatic rings. The molecule has 0 aliphatic carbocycles. The Labute approximate surface area is 188 Å². The van der Waals surface area contributed by atoms with Gasteiger partial charge in [-0.3, -0.25) is 4.79 Å². The summed E-state index contributed by atoms with van der Waals surface area (Å²) < 4.78 is 11.0. The van der Waals surface area contributed by atoms with Crippen LogP contribution in [0.2, 0.25) is 0 Å². The van der Waals surface area contributed by atoms with E-state index in [0.29, 0.717) is 36.5 Å². The van der Waals surface area contributed by atoms with Crippen LogP contribution < -0.4 is 14.8 Å². The molecule has 8 nitrogen and oxygen atoms in total. The van der Waals surface area contributed by atoms with Gasteiger partial charge in [0.2, 0.25) is 5.91 Å². The average Bonchev–Trinajstić information content (AvgIpc) is 2.84. The number of ether oxygens (including phenoxy) is 2. The minimum absolute atomic E-state index is 0.0764. The lowest BCUT2D eigenvalue weighted by Crippen LogP contribution is -2.37. The van der Waals surface area contributed by atoms with Gasteiger partial charge in [0.15, 0.2) is 17.3 Å². The zero-order valence-electron chi connectivity index (χ0n) is 19.1. The van der Waals surface area contributed by atoms with Gasteiger partial charge in [-0.1, -0.05) is 12.7 Å². The predicted octanol–water partition coefficient (Wildman–Crippen LogP) is 2.95. The number of amides is 1. The number of hydrogen-bond acceptors (Lipinski definition) is 7. The monoisotopic (exact) mass is 437 g/mol. The second kappa shape index (κ2) is 9.56. The number of rotatable bonds is 6. The number of piperidine rings is 1. The van der Waals surface area contributed by atoms with Gasteiger partial charge in [0.05, 0.1) is 19.7 Å². The lowest BCUT2D eigenvalue weighted by Gasteiger charge is -2.30. The number of aromatic nitrogens is 2. The van der Waals surface area contributed by atoms with Crippen LogP contribution in [-0.2, 0) is 4.79 Å². The van der Waals surface area contributed by atoms with Gasteiger partial charge in [-0.15, -0.1) is 0 Å². The first-order valence-corrected chi connectivity index (χ1v) is 11.0. The van der Waals surface area contributed by atoms with Gasteiger partial charge in [0.1, 0.15) is 5.82 Å². The molecule has 32 heavy (non-hydrogen) atoms. The van der Waals surface area contributed by atoms with Gasteiger partial charge in [-0.05, 0) is 51.5 Å². The van der Waals surface area contributed by atoms with E-state index in [-0.39, 0.29) is 5.91 Å². The Morgan fingerprint density at radius 3 is 2.56 bits per heavy atom. The van der Waals surface area contributed by atoms with Crippen molar-refractivity contribution in [3.05, 3.63) is 36.7 Å². The highest BCUT2D eigenvalue weighted by atomic mass is 16.5. The van der Waals surface area contributed by atoms with Crippen molar-refractivity contribution in [1.29, 1.82) is 0 Å². The smallest absolute Gasteiger partial charge is 0.246 e. The Balaban J connectivity index is 1.75. The molecule has 1 aromatic heterocycles. The molecule has 1 amide bonds. The van der Waals surface area contributed by atoms with E-state index in [0.717, 1.165) is 54.6 Å². The molecular formula is C24H31N5O3. The first kappa shape index (κ1) is 22.1. The molecule has 1 fully saturated rings. The summed E-state index contributed by atoms with van der Waals surface area (Å²) in [5.74, 6) is 2.60. The summed E-state index contributed by atoms with van der Waals surface area (Å²) in [5.41, 5.74) is 1.71. The van der Waals surface area contributed by atoms with Crippen molar-refractivity contribution in [3.8, 4) is 11.5 Å². The van der Waals surface area contributed by atoms with Crippen LogP contribution >= 0.6 is 0 Å². The highest BCUT2D eigenvalue weighted by Gasteiger charge is 2.23. The maximum atomic E-state index is 12.2. The second-order valence-corrected chi connectivity index (χ2v) is 8.32. The molecule has 1 aromatic carbocycles. The topological polar surface area (TPSA) is 79.8 Å². The largest absolute Gasteiger partial charge is 0.493 e. The fourth-order valence-corrected chi connectivity index (χ4v) is 4.28. The van der Waals surface area contributed by atoms with Crippen molar-refractivity contribution in [2.24, 2.45) is 0 Å². The number of nitrogens with zero attached hydrogens (tertiary/aromatic N) is 4. The van der Waals surface area contributed by atoms with E-state index >= 15 is 0 Å². The lowest BCUT2D eigenvalue weighted by atomic mass is 10.0. The average molecular weight is 438 g/mol. The van der Waals surface area contributed by atoms with Crippen LogP contribution in [0.1, 0.15) is 25.1 Å². The molecule has 1 N–H and O–H groups in total. The van der Waals surface area contributed by atoms with Crippen molar-refractivity contribution in [2.45, 2.75) is 25.3 Å². The molecule has 0 saturated carbocycles. The Morgan fingerprint density at radius 2 is 1.88 bits per heavy atom. The highest BCUT2D eigenvalue weighted by Crippen LogP contribution is 2.35.